The van der Waals surface area contributed by atoms with Gasteiger partial charge >= 0.3 is 5.97 Å². The highest BCUT2D eigenvalue weighted by Gasteiger charge is 2.70. The summed E-state index contributed by atoms with van der Waals surface area (Å²) in [6.07, 6.45) is 1.38. The minimum absolute atomic E-state index is 0.0142. The molecule has 4 rings (SSSR count). The second-order valence-electron chi connectivity index (χ2n) is 12.7. The van der Waals surface area contributed by atoms with E-state index in [2.05, 4.69) is 6.92 Å². The van der Waals surface area contributed by atoms with Gasteiger partial charge in [0, 0.05) is 24.8 Å². The molecule has 184 valence electrons. The zero-order valence-electron chi connectivity index (χ0n) is 20.9. The molecule has 0 bridgehead atoms. The molecule has 6 nitrogen and oxygen atoms in total. The predicted molar refractivity (Wildman–Crippen MR) is 123 cm³/mol. The molecular formula is C27H40O6. The van der Waals surface area contributed by atoms with Crippen LogP contribution in [0.15, 0.2) is 11.1 Å². The molecule has 0 radical (unpaired) electrons. The van der Waals surface area contributed by atoms with Crippen molar-refractivity contribution in [2.45, 2.75) is 98.7 Å². The fraction of sp³-hybridized carbons (Fsp3) is 0.815. The summed E-state index contributed by atoms with van der Waals surface area (Å²) in [6.45, 7) is 12.1. The van der Waals surface area contributed by atoms with Crippen molar-refractivity contribution in [3.63, 3.8) is 0 Å². The number of carbonyl (C=O) groups is 3. The van der Waals surface area contributed by atoms with Gasteiger partial charge in [-0.2, -0.15) is 0 Å². The Labute approximate surface area is 196 Å². The van der Waals surface area contributed by atoms with Crippen LogP contribution in [0, 0.1) is 39.4 Å². The van der Waals surface area contributed by atoms with Crippen LogP contribution in [-0.2, 0) is 14.4 Å². The lowest BCUT2D eigenvalue weighted by Gasteiger charge is -2.61. The lowest BCUT2D eigenvalue weighted by atomic mass is 9.42. The summed E-state index contributed by atoms with van der Waals surface area (Å²) in [7, 11) is 0. The molecule has 0 aromatic carbocycles. The number of Topliss-reactive ketones (excluding diaryl/α,β-unsaturated/α-hetero) is 2. The van der Waals surface area contributed by atoms with E-state index < -0.39 is 39.8 Å². The fourth-order valence-electron chi connectivity index (χ4n) is 8.65. The Morgan fingerprint density at radius 2 is 1.76 bits per heavy atom. The van der Waals surface area contributed by atoms with E-state index in [-0.39, 0.29) is 42.2 Å². The molecule has 0 aliphatic heterocycles. The standard InChI is InChI=1S/C27H40O6/c1-14(7-8-21(32)33)15-11-20(31)27(6)23-16(28)12-18-24(2,3)19(30)9-10-25(18,4)22(23)17(29)13-26(15,27)5/h14-16,18-19,28,30H,7-13H2,1-6H3,(H,32,33)/t14-,15-,16+,18+,19+,25+,26-,27+/m0/s1. The number of aliphatic hydroxyl groups is 2. The van der Waals surface area contributed by atoms with Crippen molar-refractivity contribution in [3.05, 3.63) is 11.1 Å². The smallest absolute Gasteiger partial charge is 0.303 e. The van der Waals surface area contributed by atoms with E-state index in [1.54, 1.807) is 0 Å². The molecule has 33 heavy (non-hydrogen) atoms. The van der Waals surface area contributed by atoms with E-state index in [0.717, 1.165) is 0 Å². The molecule has 6 heteroatoms. The number of carbonyl (C=O) groups excluding carboxylic acids is 2. The number of rotatable bonds is 4. The van der Waals surface area contributed by atoms with Crippen LogP contribution in [0.1, 0.15) is 86.5 Å². The van der Waals surface area contributed by atoms with Gasteiger partial charge < -0.3 is 15.3 Å². The maximum absolute atomic E-state index is 13.9. The summed E-state index contributed by atoms with van der Waals surface area (Å²) in [4.78, 5) is 38.8. The van der Waals surface area contributed by atoms with Crippen LogP contribution in [0.4, 0.5) is 0 Å². The van der Waals surface area contributed by atoms with Crippen molar-refractivity contribution >= 4 is 17.5 Å². The van der Waals surface area contributed by atoms with Crippen molar-refractivity contribution in [2.75, 3.05) is 0 Å². The number of hydrogen-bond donors (Lipinski definition) is 3. The zero-order valence-corrected chi connectivity index (χ0v) is 20.9. The first-order valence-electron chi connectivity index (χ1n) is 12.5. The van der Waals surface area contributed by atoms with E-state index in [0.29, 0.717) is 43.3 Å². The number of carboxylic acids is 1. The normalized spacial score (nSPS) is 45.3. The van der Waals surface area contributed by atoms with E-state index in [1.807, 2.05) is 34.6 Å². The van der Waals surface area contributed by atoms with Crippen molar-refractivity contribution in [3.8, 4) is 0 Å². The molecule has 4 aliphatic carbocycles. The summed E-state index contributed by atoms with van der Waals surface area (Å²) in [6, 6.07) is 0. The van der Waals surface area contributed by atoms with Gasteiger partial charge in [0.05, 0.1) is 17.6 Å². The Balaban J connectivity index is 1.85. The molecule has 0 unspecified atom stereocenters. The predicted octanol–water partition coefficient (Wildman–Crippen LogP) is 3.93. The van der Waals surface area contributed by atoms with Crippen molar-refractivity contribution < 1.29 is 29.7 Å². The first kappa shape index (κ1) is 24.6. The van der Waals surface area contributed by atoms with E-state index in [1.165, 1.54) is 0 Å². The van der Waals surface area contributed by atoms with Gasteiger partial charge in [-0.1, -0.05) is 34.6 Å². The summed E-state index contributed by atoms with van der Waals surface area (Å²) < 4.78 is 0. The SMILES string of the molecule is C[C@@H](CCC(=O)O)[C@@H]1CC(=O)[C@]2(C)C3=C(C(=O)C[C@@]12C)[C@]1(C)CC[C@@H](O)C(C)(C)[C@H]1C[C@H]3O. The molecular weight excluding hydrogens is 420 g/mol. The van der Waals surface area contributed by atoms with Crippen molar-refractivity contribution in [1.82, 2.24) is 0 Å². The molecule has 3 N–H and O–H groups in total. The minimum atomic E-state index is -0.938. The van der Waals surface area contributed by atoms with Gasteiger partial charge in [0.1, 0.15) is 5.78 Å². The van der Waals surface area contributed by atoms with Crippen LogP contribution in [0.2, 0.25) is 0 Å². The van der Waals surface area contributed by atoms with Crippen LogP contribution < -0.4 is 0 Å². The average molecular weight is 461 g/mol. The van der Waals surface area contributed by atoms with Gasteiger partial charge in [0.2, 0.25) is 0 Å². The number of hydrogen-bond acceptors (Lipinski definition) is 5. The van der Waals surface area contributed by atoms with Gasteiger partial charge in [-0.15, -0.1) is 0 Å². The van der Waals surface area contributed by atoms with E-state index in [9.17, 15) is 24.6 Å². The summed E-state index contributed by atoms with van der Waals surface area (Å²) >= 11 is 0. The summed E-state index contributed by atoms with van der Waals surface area (Å²) in [5, 5.41) is 31.4. The highest BCUT2D eigenvalue weighted by Crippen LogP contribution is 2.70. The van der Waals surface area contributed by atoms with Gasteiger partial charge in [-0.3, -0.25) is 14.4 Å². The Bertz CT molecular complexity index is 933. The highest BCUT2D eigenvalue weighted by molar-refractivity contribution is 6.05. The molecule has 0 heterocycles. The van der Waals surface area contributed by atoms with Gasteiger partial charge in [0.15, 0.2) is 5.78 Å². The van der Waals surface area contributed by atoms with Crippen LogP contribution in [-0.4, -0.2) is 45.1 Å². The molecule has 0 saturated heterocycles. The molecule has 2 fully saturated rings. The second-order valence-corrected chi connectivity index (χ2v) is 12.7. The average Bonchev–Trinajstić information content (AvgIpc) is 2.92. The third kappa shape index (κ3) is 3.09. The minimum Gasteiger partial charge on any atom is -0.481 e. The van der Waals surface area contributed by atoms with Crippen LogP contribution in [0.5, 0.6) is 0 Å². The van der Waals surface area contributed by atoms with Crippen LogP contribution >= 0.6 is 0 Å². The number of allylic oxidation sites excluding steroid dienone is 1. The second kappa shape index (κ2) is 7.48. The van der Waals surface area contributed by atoms with E-state index in [4.69, 9.17) is 5.11 Å². The third-order valence-corrected chi connectivity index (χ3v) is 10.9. The maximum Gasteiger partial charge on any atom is 0.303 e. The monoisotopic (exact) mass is 460 g/mol. The van der Waals surface area contributed by atoms with Crippen molar-refractivity contribution in [2.24, 2.45) is 39.4 Å². The molecule has 8 atom stereocenters. The topological polar surface area (TPSA) is 112 Å². The number of carboxylic acid groups (broad SMARTS) is 1. The molecule has 2 saturated carbocycles. The van der Waals surface area contributed by atoms with Crippen LogP contribution in [0.25, 0.3) is 0 Å². The Morgan fingerprint density at radius 3 is 2.36 bits per heavy atom. The zero-order chi connectivity index (χ0) is 24.7. The summed E-state index contributed by atoms with van der Waals surface area (Å²) in [5.74, 6) is -0.940. The van der Waals surface area contributed by atoms with Crippen molar-refractivity contribution in [1.29, 1.82) is 0 Å². The molecule has 0 aromatic heterocycles. The molecule has 4 aliphatic rings. The first-order chi connectivity index (χ1) is 15.1. The first-order valence-corrected chi connectivity index (χ1v) is 12.5. The van der Waals surface area contributed by atoms with Crippen LogP contribution in [0.3, 0.4) is 0 Å². The Kier molecular flexibility index (Phi) is 5.58. The quantitative estimate of drug-likeness (QED) is 0.586. The number of ketones is 2. The fourth-order valence-corrected chi connectivity index (χ4v) is 8.65. The Morgan fingerprint density at radius 1 is 1.12 bits per heavy atom. The molecule has 0 spiro atoms. The summed E-state index contributed by atoms with van der Waals surface area (Å²) in [5.41, 5.74) is -1.23. The Hall–Kier alpha value is -1.53. The number of aliphatic hydroxyl groups excluding tert-OH is 2. The lowest BCUT2D eigenvalue weighted by Crippen LogP contribution is -2.60. The van der Waals surface area contributed by atoms with Gasteiger partial charge in [0.25, 0.3) is 0 Å². The molecule has 0 amide bonds. The maximum atomic E-state index is 13.9. The van der Waals surface area contributed by atoms with Gasteiger partial charge in [-0.25, -0.2) is 0 Å². The van der Waals surface area contributed by atoms with Gasteiger partial charge in [-0.05, 0) is 72.2 Å². The highest BCUT2D eigenvalue weighted by atomic mass is 16.4. The largest absolute Gasteiger partial charge is 0.481 e. The molecule has 0 aromatic rings. The number of aliphatic carboxylic acids is 1. The lowest BCUT2D eigenvalue weighted by molar-refractivity contribution is -0.142. The van der Waals surface area contributed by atoms with E-state index >= 15 is 0 Å². The number of fused-ring (bicyclic) bond motifs is 4. The third-order valence-electron chi connectivity index (χ3n) is 10.9.